The summed E-state index contributed by atoms with van der Waals surface area (Å²) in [4.78, 5) is 15.1. The SMILES string of the molecule is COc1ccc2c(c1)C1(CC1c1ccc3cnn(C=Cc4cc(F)c(CN5CCOCC5)c(F)c4)c3c1)C(=O)N2. The lowest BCUT2D eigenvalue weighted by molar-refractivity contribution is -0.118. The molecule has 2 aliphatic heterocycles. The van der Waals surface area contributed by atoms with E-state index in [-0.39, 0.29) is 23.9 Å². The van der Waals surface area contributed by atoms with Crippen LogP contribution in [0.15, 0.2) is 54.7 Å². The van der Waals surface area contributed by atoms with Gasteiger partial charge in [-0.2, -0.15) is 5.10 Å². The third-order valence-electron chi connectivity index (χ3n) is 8.40. The number of rotatable bonds is 6. The number of benzene rings is 3. The van der Waals surface area contributed by atoms with Crippen molar-refractivity contribution < 1.29 is 23.0 Å². The Morgan fingerprint density at radius 3 is 2.70 bits per heavy atom. The van der Waals surface area contributed by atoms with Crippen LogP contribution in [0.4, 0.5) is 14.5 Å². The zero-order valence-electron chi connectivity index (χ0n) is 22.0. The summed E-state index contributed by atoms with van der Waals surface area (Å²) >= 11 is 0. The van der Waals surface area contributed by atoms with E-state index in [0.29, 0.717) is 38.3 Å². The molecule has 1 saturated carbocycles. The fourth-order valence-electron chi connectivity index (χ4n) is 6.10. The van der Waals surface area contributed by atoms with E-state index in [9.17, 15) is 13.6 Å². The van der Waals surface area contributed by atoms with Crippen LogP contribution in [0.2, 0.25) is 0 Å². The van der Waals surface area contributed by atoms with E-state index in [1.54, 1.807) is 30.3 Å². The lowest BCUT2D eigenvalue weighted by atomic mass is 9.91. The number of morpholine rings is 1. The molecule has 1 amide bonds. The first-order chi connectivity index (χ1) is 19.5. The van der Waals surface area contributed by atoms with Crippen molar-refractivity contribution in [1.29, 1.82) is 0 Å². The summed E-state index contributed by atoms with van der Waals surface area (Å²) < 4.78 is 42.2. The molecule has 0 bridgehead atoms. The molecule has 1 spiro atoms. The van der Waals surface area contributed by atoms with Crippen molar-refractivity contribution in [2.24, 2.45) is 0 Å². The standard InChI is InChI=1S/C31H28F2N4O3/c1-39-22-4-5-28-24(15-22)31(30(38)35-28)16-25(31)20-2-3-21-17-34-37(29(21)14-20)7-6-19-12-26(32)23(27(33)13-19)18-36-8-10-40-11-9-36/h2-7,12-15,17,25H,8-11,16,18H2,1H3,(H,35,38). The van der Waals surface area contributed by atoms with Crippen molar-refractivity contribution in [3.8, 4) is 5.75 Å². The molecule has 0 radical (unpaired) electrons. The molecular formula is C31H28F2N4O3. The maximum atomic E-state index is 14.9. The van der Waals surface area contributed by atoms with Gasteiger partial charge in [0.1, 0.15) is 17.4 Å². The molecule has 4 aromatic rings. The van der Waals surface area contributed by atoms with Gasteiger partial charge in [0.25, 0.3) is 0 Å². The van der Waals surface area contributed by atoms with Crippen molar-refractivity contribution in [3.05, 3.63) is 88.6 Å². The summed E-state index contributed by atoms with van der Waals surface area (Å²) in [5.74, 6) is -0.370. The van der Waals surface area contributed by atoms with E-state index in [0.717, 1.165) is 33.5 Å². The fourth-order valence-corrected chi connectivity index (χ4v) is 6.10. The van der Waals surface area contributed by atoms with Crippen LogP contribution in [0.3, 0.4) is 0 Å². The van der Waals surface area contributed by atoms with Gasteiger partial charge in [-0.05, 0) is 65.6 Å². The molecule has 2 unspecified atom stereocenters. The predicted molar refractivity (Wildman–Crippen MR) is 148 cm³/mol. The number of halogens is 2. The maximum absolute atomic E-state index is 14.9. The van der Waals surface area contributed by atoms with Gasteiger partial charge in [0, 0.05) is 48.4 Å². The second kappa shape index (κ2) is 9.53. The highest BCUT2D eigenvalue weighted by Crippen LogP contribution is 2.65. The molecule has 1 aromatic heterocycles. The quantitative estimate of drug-likeness (QED) is 0.365. The second-order valence-electron chi connectivity index (χ2n) is 10.7. The van der Waals surface area contributed by atoms with Gasteiger partial charge in [0.2, 0.25) is 5.91 Å². The van der Waals surface area contributed by atoms with Gasteiger partial charge in [-0.3, -0.25) is 9.69 Å². The number of nitrogens with one attached hydrogen (secondary N) is 1. The highest BCUT2D eigenvalue weighted by Gasteiger charge is 2.65. The van der Waals surface area contributed by atoms with E-state index in [1.165, 1.54) is 12.1 Å². The topological polar surface area (TPSA) is 68.6 Å². The zero-order chi connectivity index (χ0) is 27.4. The van der Waals surface area contributed by atoms with Crippen LogP contribution in [-0.2, 0) is 21.5 Å². The zero-order valence-corrected chi connectivity index (χ0v) is 22.0. The Balaban J connectivity index is 1.15. The molecule has 7 rings (SSSR count). The molecular weight excluding hydrogens is 514 g/mol. The van der Waals surface area contributed by atoms with E-state index in [2.05, 4.69) is 10.4 Å². The molecule has 9 heteroatoms. The monoisotopic (exact) mass is 542 g/mol. The molecule has 3 aromatic carbocycles. The summed E-state index contributed by atoms with van der Waals surface area (Å²) in [6.07, 6.45) is 5.81. The minimum atomic E-state index is -0.601. The number of carbonyl (C=O) groups excluding carboxylic acids is 1. The number of hydrogen-bond donors (Lipinski definition) is 1. The second-order valence-corrected chi connectivity index (χ2v) is 10.7. The van der Waals surface area contributed by atoms with Gasteiger partial charge in [0.05, 0.1) is 37.5 Å². The Kier molecular flexibility index (Phi) is 5.94. The number of nitrogens with zero attached hydrogens (tertiary/aromatic N) is 3. The summed E-state index contributed by atoms with van der Waals surface area (Å²) in [5, 5.41) is 8.42. The highest BCUT2D eigenvalue weighted by molar-refractivity contribution is 6.10. The Labute approximate surface area is 230 Å². The van der Waals surface area contributed by atoms with E-state index in [1.807, 2.05) is 41.3 Å². The number of anilines is 1. The van der Waals surface area contributed by atoms with Gasteiger partial charge in [0.15, 0.2) is 0 Å². The lowest BCUT2D eigenvalue weighted by Crippen LogP contribution is -2.36. The van der Waals surface area contributed by atoms with Crippen molar-refractivity contribution in [1.82, 2.24) is 14.7 Å². The number of methoxy groups -OCH3 is 1. The lowest BCUT2D eigenvalue weighted by Gasteiger charge is -2.26. The summed E-state index contributed by atoms with van der Waals surface area (Å²) in [7, 11) is 1.62. The van der Waals surface area contributed by atoms with Gasteiger partial charge in [-0.1, -0.05) is 12.1 Å². The normalized spacial score (nSPS) is 22.3. The van der Waals surface area contributed by atoms with E-state index in [4.69, 9.17) is 9.47 Å². The van der Waals surface area contributed by atoms with Crippen LogP contribution in [0.25, 0.3) is 23.2 Å². The third kappa shape index (κ3) is 4.08. The molecule has 1 N–H and O–H groups in total. The van der Waals surface area contributed by atoms with Crippen LogP contribution in [0, 0.1) is 11.6 Å². The molecule has 1 aliphatic carbocycles. The van der Waals surface area contributed by atoms with Crippen molar-refractivity contribution in [2.45, 2.75) is 24.3 Å². The largest absolute Gasteiger partial charge is 0.497 e. The van der Waals surface area contributed by atoms with Crippen LogP contribution in [-0.4, -0.2) is 54.0 Å². The molecule has 204 valence electrons. The Morgan fingerprint density at radius 1 is 1.12 bits per heavy atom. The van der Waals surface area contributed by atoms with Gasteiger partial charge < -0.3 is 14.8 Å². The smallest absolute Gasteiger partial charge is 0.235 e. The summed E-state index contributed by atoms with van der Waals surface area (Å²) in [5.41, 5.74) is 3.57. The molecule has 2 atom stereocenters. The number of amides is 1. The first kappa shape index (κ1) is 24.9. The average Bonchev–Trinajstić information content (AvgIpc) is 3.51. The summed E-state index contributed by atoms with van der Waals surface area (Å²) in [6.45, 7) is 2.67. The third-order valence-corrected chi connectivity index (χ3v) is 8.40. The molecule has 1 saturated heterocycles. The van der Waals surface area contributed by atoms with Gasteiger partial charge >= 0.3 is 0 Å². The predicted octanol–water partition coefficient (Wildman–Crippen LogP) is 5.16. The average molecular weight is 543 g/mol. The Hall–Kier alpha value is -4.08. The molecule has 2 fully saturated rings. The first-order valence-corrected chi connectivity index (χ1v) is 13.4. The first-order valence-electron chi connectivity index (χ1n) is 13.4. The minimum Gasteiger partial charge on any atom is -0.497 e. The number of aromatic nitrogens is 2. The van der Waals surface area contributed by atoms with E-state index >= 15 is 0 Å². The van der Waals surface area contributed by atoms with Crippen LogP contribution in [0.5, 0.6) is 5.75 Å². The molecule has 7 nitrogen and oxygen atoms in total. The number of carbonyl (C=O) groups is 1. The fraction of sp³-hybridized carbons (Fsp3) is 0.290. The Morgan fingerprint density at radius 2 is 1.93 bits per heavy atom. The van der Waals surface area contributed by atoms with Gasteiger partial charge in [-0.15, -0.1) is 0 Å². The molecule has 40 heavy (non-hydrogen) atoms. The number of ether oxygens (including phenoxy) is 2. The maximum Gasteiger partial charge on any atom is 0.235 e. The number of fused-ring (bicyclic) bond motifs is 3. The van der Waals surface area contributed by atoms with Crippen molar-refractivity contribution in [3.63, 3.8) is 0 Å². The molecule has 3 aliphatic rings. The number of hydrogen-bond acceptors (Lipinski definition) is 5. The van der Waals surface area contributed by atoms with Crippen LogP contribution < -0.4 is 10.1 Å². The summed E-state index contributed by atoms with van der Waals surface area (Å²) in [6, 6.07) is 14.5. The van der Waals surface area contributed by atoms with Crippen molar-refractivity contribution >= 4 is 34.8 Å². The van der Waals surface area contributed by atoms with Crippen molar-refractivity contribution in [2.75, 3.05) is 38.7 Å². The highest BCUT2D eigenvalue weighted by atomic mass is 19.1. The van der Waals surface area contributed by atoms with Gasteiger partial charge in [-0.25, -0.2) is 13.5 Å². The van der Waals surface area contributed by atoms with Crippen LogP contribution in [0.1, 0.15) is 34.6 Å². The van der Waals surface area contributed by atoms with E-state index < -0.39 is 17.0 Å². The minimum absolute atomic E-state index is 0.00961. The molecule has 3 heterocycles. The Bertz CT molecular complexity index is 1650. The van der Waals surface area contributed by atoms with Crippen LogP contribution >= 0.6 is 0 Å².